The molecule has 0 spiro atoms. The number of aliphatic carboxylic acids is 1. The highest BCUT2D eigenvalue weighted by molar-refractivity contribution is 5.94. The van der Waals surface area contributed by atoms with Crippen molar-refractivity contribution in [3.63, 3.8) is 0 Å². The molecule has 0 aliphatic carbocycles. The van der Waals surface area contributed by atoms with Crippen LogP contribution in [0.3, 0.4) is 0 Å². The van der Waals surface area contributed by atoms with Gasteiger partial charge in [-0.2, -0.15) is 0 Å². The number of hydrogen-bond donors (Lipinski definition) is 6. The van der Waals surface area contributed by atoms with Gasteiger partial charge in [-0.25, -0.2) is 4.79 Å². The van der Waals surface area contributed by atoms with E-state index in [9.17, 15) is 29.1 Å². The van der Waals surface area contributed by atoms with Crippen molar-refractivity contribution in [2.45, 2.75) is 70.1 Å². The van der Waals surface area contributed by atoms with Gasteiger partial charge in [-0.3, -0.25) is 19.2 Å². The number of likely N-dealkylation sites (tertiary alicyclic amines) is 1. The molecular formula is C19H33N5O7. The summed E-state index contributed by atoms with van der Waals surface area (Å²) < 4.78 is 0. The molecule has 1 saturated heterocycles. The number of carboxylic acid groups (broad SMARTS) is 1. The van der Waals surface area contributed by atoms with Gasteiger partial charge in [0.2, 0.25) is 23.6 Å². The van der Waals surface area contributed by atoms with Crippen LogP contribution in [-0.4, -0.2) is 82.0 Å². The Bertz CT molecular complexity index is 685. The zero-order valence-corrected chi connectivity index (χ0v) is 17.9. The van der Waals surface area contributed by atoms with Crippen molar-refractivity contribution in [2.75, 3.05) is 13.2 Å². The van der Waals surface area contributed by atoms with Gasteiger partial charge in [0.15, 0.2) is 0 Å². The van der Waals surface area contributed by atoms with Crippen LogP contribution in [0.15, 0.2) is 0 Å². The average Bonchev–Trinajstić information content (AvgIpc) is 3.18. The summed E-state index contributed by atoms with van der Waals surface area (Å²) in [6.45, 7) is 3.42. The highest BCUT2D eigenvalue weighted by atomic mass is 16.4. The summed E-state index contributed by atoms with van der Waals surface area (Å²) >= 11 is 0. The van der Waals surface area contributed by atoms with Crippen LogP contribution >= 0.6 is 0 Å². The minimum Gasteiger partial charge on any atom is -0.480 e. The van der Waals surface area contributed by atoms with E-state index in [1.54, 1.807) is 0 Å². The zero-order valence-electron chi connectivity index (χ0n) is 17.9. The molecule has 1 fully saturated rings. The van der Waals surface area contributed by atoms with Crippen molar-refractivity contribution in [1.29, 1.82) is 0 Å². The fraction of sp³-hybridized carbons (Fsp3) is 0.737. The van der Waals surface area contributed by atoms with Gasteiger partial charge in [0, 0.05) is 13.0 Å². The predicted molar refractivity (Wildman–Crippen MR) is 109 cm³/mol. The maximum absolute atomic E-state index is 12.8. The number of amides is 4. The van der Waals surface area contributed by atoms with Crippen molar-refractivity contribution in [3.05, 3.63) is 0 Å². The SMILES string of the molecule is CC(C)C[C@H](NC(=O)[C@@H]1CCCN1C(=O)[C@@H](N)CO)C(=O)N[C@@H](CCC(N)=O)C(=O)O. The van der Waals surface area contributed by atoms with E-state index in [1.807, 2.05) is 13.8 Å². The maximum atomic E-state index is 12.8. The van der Waals surface area contributed by atoms with E-state index < -0.39 is 60.4 Å². The van der Waals surface area contributed by atoms with Crippen molar-refractivity contribution in [2.24, 2.45) is 17.4 Å². The Morgan fingerprint density at radius 1 is 1.13 bits per heavy atom. The van der Waals surface area contributed by atoms with E-state index in [1.165, 1.54) is 4.90 Å². The highest BCUT2D eigenvalue weighted by Gasteiger charge is 2.37. The molecule has 0 bridgehead atoms. The zero-order chi connectivity index (χ0) is 23.7. The van der Waals surface area contributed by atoms with Crippen LogP contribution in [0.5, 0.6) is 0 Å². The number of aliphatic hydroxyl groups excluding tert-OH is 1. The maximum Gasteiger partial charge on any atom is 0.326 e. The number of hydrogen-bond acceptors (Lipinski definition) is 7. The molecule has 8 N–H and O–H groups in total. The number of nitrogens with zero attached hydrogens (tertiary/aromatic N) is 1. The highest BCUT2D eigenvalue weighted by Crippen LogP contribution is 2.19. The number of nitrogens with one attached hydrogen (secondary N) is 2. The number of rotatable bonds is 12. The minimum absolute atomic E-state index is 0.00549. The van der Waals surface area contributed by atoms with E-state index >= 15 is 0 Å². The Labute approximate surface area is 180 Å². The second-order valence-corrected chi connectivity index (χ2v) is 8.07. The summed E-state index contributed by atoms with van der Waals surface area (Å²) in [5.74, 6) is -3.84. The van der Waals surface area contributed by atoms with E-state index in [-0.39, 0.29) is 25.2 Å². The van der Waals surface area contributed by atoms with Crippen LogP contribution < -0.4 is 22.1 Å². The van der Waals surface area contributed by atoms with Crippen LogP contribution in [0.25, 0.3) is 0 Å². The van der Waals surface area contributed by atoms with Crippen LogP contribution in [-0.2, 0) is 24.0 Å². The smallest absolute Gasteiger partial charge is 0.326 e. The third-order valence-electron chi connectivity index (χ3n) is 4.99. The lowest BCUT2D eigenvalue weighted by molar-refractivity contribution is -0.143. The Balaban J connectivity index is 2.89. The molecule has 1 aliphatic heterocycles. The number of primary amides is 1. The second kappa shape index (κ2) is 12.2. The van der Waals surface area contributed by atoms with E-state index in [0.717, 1.165) is 0 Å². The first kappa shape index (κ1) is 26.3. The molecule has 0 saturated carbocycles. The molecule has 0 aromatic heterocycles. The van der Waals surface area contributed by atoms with Crippen LogP contribution in [0.2, 0.25) is 0 Å². The lowest BCUT2D eigenvalue weighted by Gasteiger charge is -2.28. The largest absolute Gasteiger partial charge is 0.480 e. The van der Waals surface area contributed by atoms with E-state index in [0.29, 0.717) is 19.4 Å². The number of aliphatic hydroxyl groups is 1. The molecule has 4 amide bonds. The first-order valence-corrected chi connectivity index (χ1v) is 10.3. The summed E-state index contributed by atoms with van der Waals surface area (Å²) in [6.07, 6.45) is 0.779. The van der Waals surface area contributed by atoms with Crippen LogP contribution in [0.1, 0.15) is 46.0 Å². The summed E-state index contributed by atoms with van der Waals surface area (Å²) in [6, 6.07) is -4.34. The van der Waals surface area contributed by atoms with Gasteiger partial charge in [0.05, 0.1) is 6.61 Å². The minimum atomic E-state index is -1.33. The monoisotopic (exact) mass is 443 g/mol. The molecule has 176 valence electrons. The standard InChI is InChI=1S/C19H33N5O7/c1-10(2)8-13(16(27)22-12(19(30)31)5-6-15(21)26)23-17(28)14-4-3-7-24(14)18(29)11(20)9-25/h10-14,25H,3-9,20H2,1-2H3,(H2,21,26)(H,22,27)(H,23,28)(H,30,31)/t11-,12-,13-,14-/m0/s1. The second-order valence-electron chi connectivity index (χ2n) is 8.07. The Morgan fingerprint density at radius 2 is 1.77 bits per heavy atom. The van der Waals surface area contributed by atoms with E-state index in [2.05, 4.69) is 10.6 Å². The molecule has 4 atom stereocenters. The molecule has 1 rings (SSSR count). The summed E-state index contributed by atoms with van der Waals surface area (Å²) in [5.41, 5.74) is 10.6. The fourth-order valence-corrected chi connectivity index (χ4v) is 3.38. The van der Waals surface area contributed by atoms with Crippen molar-refractivity contribution in [1.82, 2.24) is 15.5 Å². The molecule has 12 heteroatoms. The third kappa shape index (κ3) is 8.13. The van der Waals surface area contributed by atoms with E-state index in [4.69, 9.17) is 16.6 Å². The number of carboxylic acids is 1. The molecular weight excluding hydrogens is 410 g/mol. The summed E-state index contributed by atoms with van der Waals surface area (Å²) in [5, 5.41) is 23.4. The first-order valence-electron chi connectivity index (χ1n) is 10.3. The molecule has 12 nitrogen and oxygen atoms in total. The summed E-state index contributed by atoms with van der Waals surface area (Å²) in [4.78, 5) is 61.5. The van der Waals surface area contributed by atoms with Crippen molar-refractivity contribution < 1.29 is 34.2 Å². The normalized spacial score (nSPS) is 18.9. The Hall–Kier alpha value is -2.73. The molecule has 0 aromatic carbocycles. The predicted octanol–water partition coefficient (Wildman–Crippen LogP) is -2.34. The first-order chi connectivity index (χ1) is 14.5. The van der Waals surface area contributed by atoms with Crippen molar-refractivity contribution >= 4 is 29.6 Å². The number of carbonyl (C=O) groups is 5. The molecule has 0 aromatic rings. The lowest BCUT2D eigenvalue weighted by Crippen LogP contribution is -2.57. The van der Waals surface area contributed by atoms with Gasteiger partial charge < -0.3 is 37.2 Å². The Kier molecular flexibility index (Phi) is 10.4. The van der Waals surface area contributed by atoms with Crippen LogP contribution in [0.4, 0.5) is 0 Å². The van der Waals surface area contributed by atoms with Gasteiger partial charge in [-0.05, 0) is 31.6 Å². The summed E-state index contributed by atoms with van der Waals surface area (Å²) in [7, 11) is 0. The molecule has 1 aliphatic rings. The number of nitrogens with two attached hydrogens (primary N) is 2. The molecule has 31 heavy (non-hydrogen) atoms. The van der Waals surface area contributed by atoms with Gasteiger partial charge in [0.1, 0.15) is 24.2 Å². The Morgan fingerprint density at radius 3 is 2.29 bits per heavy atom. The quantitative estimate of drug-likeness (QED) is 0.192. The topological polar surface area (TPSA) is 205 Å². The van der Waals surface area contributed by atoms with Gasteiger partial charge >= 0.3 is 5.97 Å². The fourth-order valence-electron chi connectivity index (χ4n) is 3.38. The third-order valence-corrected chi connectivity index (χ3v) is 4.99. The molecule has 0 unspecified atom stereocenters. The van der Waals surface area contributed by atoms with Gasteiger partial charge in [-0.15, -0.1) is 0 Å². The number of carbonyl (C=O) groups excluding carboxylic acids is 4. The van der Waals surface area contributed by atoms with Crippen LogP contribution in [0, 0.1) is 5.92 Å². The average molecular weight is 444 g/mol. The lowest BCUT2D eigenvalue weighted by atomic mass is 10.0. The van der Waals surface area contributed by atoms with Gasteiger partial charge in [0.25, 0.3) is 0 Å². The van der Waals surface area contributed by atoms with Gasteiger partial charge in [-0.1, -0.05) is 13.8 Å². The molecule has 1 heterocycles. The van der Waals surface area contributed by atoms with Crippen molar-refractivity contribution in [3.8, 4) is 0 Å². The molecule has 0 radical (unpaired) electrons.